The second-order valence-electron chi connectivity index (χ2n) is 5.18. The van der Waals surface area contributed by atoms with Crippen LogP contribution in [-0.4, -0.2) is 28.6 Å². The number of hydrogen-bond donors (Lipinski definition) is 2. The fourth-order valence-corrected chi connectivity index (χ4v) is 2.33. The van der Waals surface area contributed by atoms with Crippen LogP contribution in [0, 0.1) is 5.41 Å². The zero-order chi connectivity index (χ0) is 14.6. The number of aromatic nitrogens is 2. The van der Waals surface area contributed by atoms with Gasteiger partial charge in [0.1, 0.15) is 0 Å². The molecule has 5 nitrogen and oxygen atoms in total. The average molecular weight is 274 g/mol. The van der Waals surface area contributed by atoms with Gasteiger partial charge in [0, 0.05) is 12.7 Å². The number of amides is 1. The fraction of sp³-hybridized carbons (Fsp3) is 0.467. The van der Waals surface area contributed by atoms with Crippen LogP contribution >= 0.6 is 0 Å². The maximum absolute atomic E-state index is 12.3. The maximum atomic E-state index is 12.3. The number of nitrogens with one attached hydrogen (secondary N) is 1. The Bertz CT molecular complexity index is 578. The van der Waals surface area contributed by atoms with Gasteiger partial charge in [-0.2, -0.15) is 5.10 Å². The molecule has 0 unspecified atom stereocenters. The molecule has 0 aliphatic rings. The van der Waals surface area contributed by atoms with Crippen molar-refractivity contribution in [3.8, 4) is 0 Å². The van der Waals surface area contributed by atoms with Crippen molar-refractivity contribution in [1.82, 2.24) is 14.9 Å². The quantitative estimate of drug-likeness (QED) is 0.844. The van der Waals surface area contributed by atoms with Crippen molar-refractivity contribution in [2.45, 2.75) is 26.7 Å². The van der Waals surface area contributed by atoms with Crippen molar-refractivity contribution in [1.29, 1.82) is 0 Å². The van der Waals surface area contributed by atoms with Gasteiger partial charge < -0.3 is 11.1 Å². The van der Waals surface area contributed by atoms with Crippen molar-refractivity contribution in [2.24, 2.45) is 11.1 Å². The van der Waals surface area contributed by atoms with E-state index < -0.39 is 0 Å². The van der Waals surface area contributed by atoms with Gasteiger partial charge in [-0.3, -0.25) is 4.79 Å². The van der Waals surface area contributed by atoms with Crippen LogP contribution in [0.1, 0.15) is 37.0 Å². The molecule has 2 rings (SSSR count). The first-order valence-electron chi connectivity index (χ1n) is 7.06. The molecule has 1 amide bonds. The summed E-state index contributed by atoms with van der Waals surface area (Å²) in [5.41, 5.74) is 7.26. The fourth-order valence-electron chi connectivity index (χ4n) is 2.33. The molecule has 0 aliphatic carbocycles. The second-order valence-corrected chi connectivity index (χ2v) is 5.18. The molecule has 0 atom stereocenters. The molecular formula is C15H22N4O. The van der Waals surface area contributed by atoms with Crippen LogP contribution in [-0.2, 0) is 0 Å². The predicted octanol–water partition coefficient (Wildman–Crippen LogP) is 1.83. The van der Waals surface area contributed by atoms with Crippen molar-refractivity contribution in [3.05, 3.63) is 36.2 Å². The SMILES string of the molecule is CCC(CC)(CN)CNC(=O)c1cnn2ccccc12. The first-order valence-corrected chi connectivity index (χ1v) is 7.06. The van der Waals surface area contributed by atoms with Crippen molar-refractivity contribution >= 4 is 11.4 Å². The third kappa shape index (κ3) is 2.67. The predicted molar refractivity (Wildman–Crippen MR) is 79.6 cm³/mol. The van der Waals surface area contributed by atoms with Gasteiger partial charge >= 0.3 is 0 Å². The van der Waals surface area contributed by atoms with Crippen LogP contribution in [0.25, 0.3) is 5.52 Å². The number of carbonyl (C=O) groups is 1. The van der Waals surface area contributed by atoms with Gasteiger partial charge in [-0.25, -0.2) is 4.52 Å². The molecule has 2 aromatic heterocycles. The summed E-state index contributed by atoms with van der Waals surface area (Å²) in [5, 5.41) is 7.17. The second kappa shape index (κ2) is 6.05. The Balaban J connectivity index is 2.13. The summed E-state index contributed by atoms with van der Waals surface area (Å²) in [5.74, 6) is -0.0917. The highest BCUT2D eigenvalue weighted by molar-refractivity contribution is 6.00. The summed E-state index contributed by atoms with van der Waals surface area (Å²) in [6.07, 6.45) is 5.34. The van der Waals surface area contributed by atoms with Gasteiger partial charge in [-0.05, 0) is 36.9 Å². The highest BCUT2D eigenvalue weighted by Crippen LogP contribution is 2.23. The molecule has 108 valence electrons. The van der Waals surface area contributed by atoms with E-state index in [0.717, 1.165) is 18.4 Å². The molecular weight excluding hydrogens is 252 g/mol. The Morgan fingerprint density at radius 2 is 2.15 bits per heavy atom. The van der Waals surface area contributed by atoms with Crippen molar-refractivity contribution in [2.75, 3.05) is 13.1 Å². The van der Waals surface area contributed by atoms with Crippen LogP contribution in [0.2, 0.25) is 0 Å². The number of hydrogen-bond acceptors (Lipinski definition) is 3. The minimum atomic E-state index is -0.0917. The molecule has 0 aliphatic heterocycles. The molecule has 20 heavy (non-hydrogen) atoms. The number of carbonyl (C=O) groups excluding carboxylic acids is 1. The van der Waals surface area contributed by atoms with Crippen LogP contribution < -0.4 is 11.1 Å². The zero-order valence-electron chi connectivity index (χ0n) is 12.1. The van der Waals surface area contributed by atoms with Gasteiger partial charge in [0.05, 0.1) is 17.3 Å². The first kappa shape index (κ1) is 14.5. The van der Waals surface area contributed by atoms with E-state index in [0.29, 0.717) is 18.7 Å². The lowest BCUT2D eigenvalue weighted by Gasteiger charge is -2.30. The number of nitrogens with two attached hydrogens (primary N) is 1. The topological polar surface area (TPSA) is 72.4 Å². The van der Waals surface area contributed by atoms with E-state index in [1.165, 1.54) is 0 Å². The Labute approximate surface area is 119 Å². The monoisotopic (exact) mass is 274 g/mol. The van der Waals surface area contributed by atoms with Crippen LogP contribution in [0.3, 0.4) is 0 Å². The lowest BCUT2D eigenvalue weighted by molar-refractivity contribution is 0.0929. The normalized spacial score (nSPS) is 11.8. The van der Waals surface area contributed by atoms with E-state index in [9.17, 15) is 4.79 Å². The van der Waals surface area contributed by atoms with Crippen LogP contribution in [0.4, 0.5) is 0 Å². The molecule has 2 heterocycles. The summed E-state index contributed by atoms with van der Waals surface area (Å²) in [6.45, 7) is 5.39. The van der Waals surface area contributed by atoms with E-state index in [4.69, 9.17) is 5.73 Å². The highest BCUT2D eigenvalue weighted by Gasteiger charge is 2.25. The minimum absolute atomic E-state index is 0.0153. The smallest absolute Gasteiger partial charge is 0.255 e. The molecule has 2 aromatic rings. The highest BCUT2D eigenvalue weighted by atomic mass is 16.1. The maximum Gasteiger partial charge on any atom is 0.255 e. The Hall–Kier alpha value is -1.88. The van der Waals surface area contributed by atoms with Gasteiger partial charge in [-0.1, -0.05) is 19.9 Å². The van der Waals surface area contributed by atoms with E-state index in [-0.39, 0.29) is 11.3 Å². The number of rotatable bonds is 6. The summed E-state index contributed by atoms with van der Waals surface area (Å²) in [7, 11) is 0. The lowest BCUT2D eigenvalue weighted by atomic mass is 9.82. The van der Waals surface area contributed by atoms with Gasteiger partial charge in [0.15, 0.2) is 0 Å². The lowest BCUT2D eigenvalue weighted by Crippen LogP contribution is -2.41. The van der Waals surface area contributed by atoms with E-state index in [2.05, 4.69) is 24.3 Å². The van der Waals surface area contributed by atoms with E-state index in [1.807, 2.05) is 24.4 Å². The van der Waals surface area contributed by atoms with E-state index >= 15 is 0 Å². The molecule has 0 aromatic carbocycles. The summed E-state index contributed by atoms with van der Waals surface area (Å²) in [6, 6.07) is 5.67. The molecule has 0 fully saturated rings. The number of fused-ring (bicyclic) bond motifs is 1. The average Bonchev–Trinajstić information content (AvgIpc) is 2.93. The molecule has 0 bridgehead atoms. The third-order valence-corrected chi connectivity index (χ3v) is 4.23. The number of nitrogens with zero attached hydrogens (tertiary/aromatic N) is 2. The summed E-state index contributed by atoms with van der Waals surface area (Å²) >= 11 is 0. The van der Waals surface area contributed by atoms with Gasteiger partial charge in [0.25, 0.3) is 5.91 Å². The molecule has 0 spiro atoms. The van der Waals surface area contributed by atoms with Gasteiger partial charge in [0.2, 0.25) is 0 Å². The van der Waals surface area contributed by atoms with E-state index in [1.54, 1.807) is 10.7 Å². The first-order chi connectivity index (χ1) is 9.65. The Morgan fingerprint density at radius 1 is 1.40 bits per heavy atom. The summed E-state index contributed by atoms with van der Waals surface area (Å²) in [4.78, 5) is 12.3. The minimum Gasteiger partial charge on any atom is -0.351 e. The molecule has 0 saturated carbocycles. The van der Waals surface area contributed by atoms with Crippen LogP contribution in [0.5, 0.6) is 0 Å². The van der Waals surface area contributed by atoms with Crippen molar-refractivity contribution in [3.63, 3.8) is 0 Å². The Kier molecular flexibility index (Phi) is 4.39. The van der Waals surface area contributed by atoms with Crippen LogP contribution in [0.15, 0.2) is 30.6 Å². The molecule has 0 saturated heterocycles. The molecule has 0 radical (unpaired) electrons. The molecule has 5 heteroatoms. The van der Waals surface area contributed by atoms with Gasteiger partial charge in [-0.15, -0.1) is 0 Å². The third-order valence-electron chi connectivity index (χ3n) is 4.23. The largest absolute Gasteiger partial charge is 0.351 e. The zero-order valence-corrected chi connectivity index (χ0v) is 12.1. The number of pyridine rings is 1. The standard InChI is InChI=1S/C15H22N4O/c1-3-15(4-2,10-16)11-17-14(20)12-9-18-19-8-6-5-7-13(12)19/h5-9H,3-4,10-11,16H2,1-2H3,(H,17,20). The summed E-state index contributed by atoms with van der Waals surface area (Å²) < 4.78 is 1.70. The molecule has 3 N–H and O–H groups in total. The van der Waals surface area contributed by atoms with Crippen molar-refractivity contribution < 1.29 is 4.79 Å². The Morgan fingerprint density at radius 3 is 2.80 bits per heavy atom.